The van der Waals surface area contributed by atoms with Crippen molar-refractivity contribution in [3.8, 4) is 11.3 Å². The Morgan fingerprint density at radius 2 is 1.59 bits per heavy atom. The first-order valence-electron chi connectivity index (χ1n) is 10.4. The van der Waals surface area contributed by atoms with Crippen molar-refractivity contribution in [2.75, 3.05) is 0 Å². The van der Waals surface area contributed by atoms with Crippen molar-refractivity contribution >= 4 is 32.8 Å². The van der Waals surface area contributed by atoms with E-state index in [1.165, 1.54) is 38.4 Å². The maximum atomic E-state index is 6.22. The molecule has 0 fully saturated rings. The van der Waals surface area contributed by atoms with Gasteiger partial charge >= 0.3 is 0 Å². The molecule has 0 aliphatic heterocycles. The molecular weight excluding hydrogens is 354 g/mol. The summed E-state index contributed by atoms with van der Waals surface area (Å²) in [6.45, 7) is 9.10. The minimum absolute atomic E-state index is 0.181. The van der Waals surface area contributed by atoms with Crippen molar-refractivity contribution in [1.82, 2.24) is 4.98 Å². The molecule has 0 radical (unpaired) electrons. The number of aromatic nitrogens is 1. The first kappa shape index (κ1) is 16.8. The number of furan rings is 1. The molecular formula is C27H23NO. The summed E-state index contributed by atoms with van der Waals surface area (Å²) in [5, 5.41) is 3.64. The lowest BCUT2D eigenvalue weighted by atomic mass is 9.76. The van der Waals surface area contributed by atoms with Gasteiger partial charge in [0.2, 0.25) is 0 Å². The second kappa shape index (κ2) is 5.48. The van der Waals surface area contributed by atoms with Gasteiger partial charge in [-0.05, 0) is 52.9 Å². The van der Waals surface area contributed by atoms with Crippen LogP contribution in [0, 0.1) is 0 Å². The van der Waals surface area contributed by atoms with Gasteiger partial charge in [-0.3, -0.25) is 0 Å². The number of pyridine rings is 1. The van der Waals surface area contributed by atoms with Crippen molar-refractivity contribution in [2.24, 2.45) is 0 Å². The molecule has 0 spiro atoms. The third kappa shape index (κ3) is 2.15. The van der Waals surface area contributed by atoms with Crippen LogP contribution < -0.4 is 0 Å². The standard InChI is InChI=1S/C27H23NO/c1-15(2)16-11-12-21-17(13-16)14-20-26(28-21)18-7-5-9-22-24(18)25-19(27(20,3)4)8-6-10-23(25)29-22/h5-15H,1-4H3. The SMILES string of the molecule is CC(C)c1ccc2nc3c(cc2c1)C(C)(C)c1cccc2oc4cccc-3c4c12. The highest BCUT2D eigenvalue weighted by atomic mass is 16.3. The molecule has 2 aromatic heterocycles. The summed E-state index contributed by atoms with van der Waals surface area (Å²) in [5.41, 5.74) is 8.94. The van der Waals surface area contributed by atoms with Gasteiger partial charge in [0.1, 0.15) is 11.2 Å². The van der Waals surface area contributed by atoms with Crippen LogP contribution in [-0.2, 0) is 5.41 Å². The van der Waals surface area contributed by atoms with Gasteiger partial charge in [0.15, 0.2) is 0 Å². The van der Waals surface area contributed by atoms with Crippen LogP contribution in [0.2, 0.25) is 0 Å². The zero-order chi connectivity index (χ0) is 19.9. The summed E-state index contributed by atoms with van der Waals surface area (Å²) in [6, 6.07) is 21.8. The largest absolute Gasteiger partial charge is 0.456 e. The average molecular weight is 377 g/mol. The van der Waals surface area contributed by atoms with Crippen molar-refractivity contribution < 1.29 is 4.42 Å². The molecule has 0 N–H and O–H groups in total. The number of rotatable bonds is 1. The predicted octanol–water partition coefficient (Wildman–Crippen LogP) is 7.56. The topological polar surface area (TPSA) is 26.0 Å². The molecule has 0 unspecified atom stereocenters. The highest BCUT2D eigenvalue weighted by Gasteiger charge is 2.34. The molecule has 1 aliphatic rings. The van der Waals surface area contributed by atoms with Gasteiger partial charge in [-0.15, -0.1) is 0 Å². The smallest absolute Gasteiger partial charge is 0.136 e. The van der Waals surface area contributed by atoms with E-state index < -0.39 is 0 Å². The van der Waals surface area contributed by atoms with Crippen molar-refractivity contribution in [1.29, 1.82) is 0 Å². The van der Waals surface area contributed by atoms with Gasteiger partial charge in [0.25, 0.3) is 0 Å². The number of hydrogen-bond donors (Lipinski definition) is 0. The van der Waals surface area contributed by atoms with E-state index in [2.05, 4.69) is 88.4 Å². The third-order valence-corrected chi connectivity index (χ3v) is 6.63. The fourth-order valence-corrected chi connectivity index (χ4v) is 4.97. The molecule has 0 saturated carbocycles. The van der Waals surface area contributed by atoms with E-state index in [1.54, 1.807) is 0 Å². The van der Waals surface area contributed by atoms with E-state index in [-0.39, 0.29) is 5.41 Å². The van der Waals surface area contributed by atoms with Crippen molar-refractivity contribution in [3.63, 3.8) is 0 Å². The summed E-state index contributed by atoms with van der Waals surface area (Å²) >= 11 is 0. The Balaban J connectivity index is 1.81. The fourth-order valence-electron chi connectivity index (χ4n) is 4.97. The Hall–Kier alpha value is -3.13. The normalized spacial score (nSPS) is 14.8. The second-order valence-electron chi connectivity index (χ2n) is 9.08. The number of hydrogen-bond acceptors (Lipinski definition) is 2. The lowest BCUT2D eigenvalue weighted by Gasteiger charge is -2.27. The molecule has 142 valence electrons. The van der Waals surface area contributed by atoms with Gasteiger partial charge in [-0.1, -0.05) is 58.0 Å². The van der Waals surface area contributed by atoms with E-state index in [1.807, 2.05) is 0 Å². The minimum Gasteiger partial charge on any atom is -0.456 e. The van der Waals surface area contributed by atoms with Crippen LogP contribution >= 0.6 is 0 Å². The number of fused-ring (bicyclic) bond motifs is 3. The lowest BCUT2D eigenvalue weighted by molar-refractivity contribution is 0.642. The molecule has 0 saturated heterocycles. The maximum Gasteiger partial charge on any atom is 0.136 e. The van der Waals surface area contributed by atoms with Crippen LogP contribution in [-0.4, -0.2) is 4.98 Å². The first-order valence-corrected chi connectivity index (χ1v) is 10.4. The fraction of sp³-hybridized carbons (Fsp3) is 0.222. The molecule has 0 amide bonds. The van der Waals surface area contributed by atoms with E-state index >= 15 is 0 Å². The highest BCUT2D eigenvalue weighted by Crippen LogP contribution is 2.49. The van der Waals surface area contributed by atoms with Crippen molar-refractivity contribution in [3.05, 3.63) is 77.4 Å². The molecule has 0 atom stereocenters. The van der Waals surface area contributed by atoms with Crippen LogP contribution in [0.3, 0.4) is 0 Å². The summed E-state index contributed by atoms with van der Waals surface area (Å²) in [4.78, 5) is 5.20. The number of nitrogens with zero attached hydrogens (tertiary/aromatic N) is 1. The van der Waals surface area contributed by atoms with Gasteiger partial charge in [-0.2, -0.15) is 0 Å². The van der Waals surface area contributed by atoms with E-state index in [9.17, 15) is 0 Å². The Labute approximate surface area is 170 Å². The zero-order valence-electron chi connectivity index (χ0n) is 17.2. The summed E-state index contributed by atoms with van der Waals surface area (Å²) in [6.07, 6.45) is 0. The molecule has 0 bridgehead atoms. The minimum atomic E-state index is -0.181. The first-order chi connectivity index (χ1) is 13.9. The molecule has 2 heterocycles. The second-order valence-corrected chi connectivity index (χ2v) is 9.08. The third-order valence-electron chi connectivity index (χ3n) is 6.63. The van der Waals surface area contributed by atoms with Crippen molar-refractivity contribution in [2.45, 2.75) is 39.0 Å². The monoisotopic (exact) mass is 377 g/mol. The summed E-state index contributed by atoms with van der Waals surface area (Å²) in [7, 11) is 0. The summed E-state index contributed by atoms with van der Waals surface area (Å²) in [5.74, 6) is 0.500. The van der Waals surface area contributed by atoms with Crippen LogP contribution in [0.25, 0.3) is 44.1 Å². The molecule has 2 heteroatoms. The van der Waals surface area contributed by atoms with E-state index in [0.29, 0.717) is 5.92 Å². The highest BCUT2D eigenvalue weighted by molar-refractivity contribution is 6.15. The molecule has 3 aromatic carbocycles. The molecule has 6 rings (SSSR count). The number of benzene rings is 3. The molecule has 1 aliphatic carbocycles. The van der Waals surface area contributed by atoms with Gasteiger partial charge in [-0.25, -0.2) is 4.98 Å². The maximum absolute atomic E-state index is 6.22. The Morgan fingerprint density at radius 3 is 2.38 bits per heavy atom. The van der Waals surface area contributed by atoms with Crippen LogP contribution in [0.4, 0.5) is 0 Å². The average Bonchev–Trinajstić information content (AvgIpc) is 3.07. The molecule has 5 aromatic rings. The van der Waals surface area contributed by atoms with E-state index in [0.717, 1.165) is 22.4 Å². The molecule has 2 nitrogen and oxygen atoms in total. The quantitative estimate of drug-likeness (QED) is 0.301. The van der Waals surface area contributed by atoms with Crippen LogP contribution in [0.15, 0.2) is 65.1 Å². The van der Waals surface area contributed by atoms with E-state index in [4.69, 9.17) is 9.40 Å². The zero-order valence-corrected chi connectivity index (χ0v) is 17.2. The lowest BCUT2D eigenvalue weighted by Crippen LogP contribution is -2.20. The predicted molar refractivity (Wildman–Crippen MR) is 121 cm³/mol. The van der Waals surface area contributed by atoms with Gasteiger partial charge < -0.3 is 4.42 Å². The Morgan fingerprint density at radius 1 is 0.828 bits per heavy atom. The summed E-state index contributed by atoms with van der Waals surface area (Å²) < 4.78 is 6.22. The van der Waals surface area contributed by atoms with Gasteiger partial charge in [0, 0.05) is 27.1 Å². The van der Waals surface area contributed by atoms with Crippen LogP contribution in [0.1, 0.15) is 50.3 Å². The van der Waals surface area contributed by atoms with Gasteiger partial charge in [0.05, 0.1) is 11.2 Å². The Bertz CT molecular complexity index is 1450. The Kier molecular flexibility index (Phi) is 3.17. The molecule has 29 heavy (non-hydrogen) atoms. The van der Waals surface area contributed by atoms with Crippen LogP contribution in [0.5, 0.6) is 0 Å².